The third-order valence-electron chi connectivity index (χ3n) is 7.56. The van der Waals surface area contributed by atoms with Crippen molar-refractivity contribution in [2.45, 2.75) is 58.0 Å². The molecule has 0 fully saturated rings. The van der Waals surface area contributed by atoms with Crippen LogP contribution in [-0.2, 0) is 14.3 Å². The molecule has 8 nitrogen and oxygen atoms in total. The third kappa shape index (κ3) is 5.46. The number of rotatable bonds is 9. The molecule has 0 unspecified atom stereocenters. The molecule has 1 aliphatic heterocycles. The summed E-state index contributed by atoms with van der Waals surface area (Å²) in [4.78, 5) is 27.5. The molecule has 208 valence electrons. The fourth-order valence-corrected chi connectivity index (χ4v) is 5.36. The first kappa shape index (κ1) is 28.1. The van der Waals surface area contributed by atoms with Gasteiger partial charge in [-0.1, -0.05) is 13.0 Å². The van der Waals surface area contributed by atoms with E-state index in [1.165, 1.54) is 0 Å². The van der Waals surface area contributed by atoms with Gasteiger partial charge in [0.15, 0.2) is 17.3 Å². The number of benzene rings is 2. The fourth-order valence-electron chi connectivity index (χ4n) is 5.36. The summed E-state index contributed by atoms with van der Waals surface area (Å²) in [5.74, 6) is 1.18. The molecule has 0 aromatic heterocycles. The van der Waals surface area contributed by atoms with Crippen molar-refractivity contribution in [3.63, 3.8) is 0 Å². The molecule has 1 N–H and O–H groups in total. The molecule has 3 atom stereocenters. The predicted molar refractivity (Wildman–Crippen MR) is 148 cm³/mol. The number of allylic oxidation sites excluding steroid dienone is 3. The lowest BCUT2D eigenvalue weighted by molar-refractivity contribution is -0.144. The van der Waals surface area contributed by atoms with Crippen molar-refractivity contribution in [1.29, 1.82) is 0 Å². The molecule has 0 bridgehead atoms. The van der Waals surface area contributed by atoms with E-state index in [4.69, 9.17) is 23.7 Å². The van der Waals surface area contributed by atoms with E-state index in [9.17, 15) is 9.59 Å². The van der Waals surface area contributed by atoms with Crippen LogP contribution >= 0.6 is 0 Å². The lowest BCUT2D eigenvalue weighted by Gasteiger charge is -2.37. The summed E-state index contributed by atoms with van der Waals surface area (Å²) in [5, 5.41) is 3.40. The van der Waals surface area contributed by atoms with Crippen LogP contribution in [0.2, 0.25) is 0 Å². The maximum Gasteiger partial charge on any atom is 0.337 e. The molecule has 0 amide bonds. The monoisotopic (exact) mass is 535 g/mol. The van der Waals surface area contributed by atoms with Crippen LogP contribution < -0.4 is 24.3 Å². The molecule has 1 aliphatic carbocycles. The largest absolute Gasteiger partial charge is 0.497 e. The third-order valence-corrected chi connectivity index (χ3v) is 7.56. The number of ketones is 1. The zero-order valence-electron chi connectivity index (χ0n) is 23.7. The standard InChI is InChI=1S/C31H37NO7/c1-8-17(2)39-31(34)28-18(3)32-23-13-20(19-9-11-26(37-6)27(15-19)38-7)14-24(33)30(23)29(28)22-16-21(35-4)10-12-25(22)36-5/h9-12,15-17,20,29,32H,8,13-14H2,1-7H3/t17-,20+,29-/m1/s1. The Labute approximate surface area is 229 Å². The highest BCUT2D eigenvalue weighted by molar-refractivity contribution is 6.04. The van der Waals surface area contributed by atoms with Crippen molar-refractivity contribution < 1.29 is 33.3 Å². The summed E-state index contributed by atoms with van der Waals surface area (Å²) in [7, 11) is 6.34. The van der Waals surface area contributed by atoms with Crippen molar-refractivity contribution in [1.82, 2.24) is 5.32 Å². The summed E-state index contributed by atoms with van der Waals surface area (Å²) >= 11 is 0. The van der Waals surface area contributed by atoms with E-state index >= 15 is 0 Å². The van der Waals surface area contributed by atoms with E-state index in [0.717, 1.165) is 11.3 Å². The Morgan fingerprint density at radius 3 is 2.28 bits per heavy atom. The van der Waals surface area contributed by atoms with Crippen molar-refractivity contribution in [2.75, 3.05) is 28.4 Å². The predicted octanol–water partition coefficient (Wildman–Crippen LogP) is 5.42. The highest BCUT2D eigenvalue weighted by Crippen LogP contribution is 2.49. The lowest BCUT2D eigenvalue weighted by Crippen LogP contribution is -2.36. The van der Waals surface area contributed by atoms with Gasteiger partial charge in [0.1, 0.15) is 11.5 Å². The van der Waals surface area contributed by atoms with Gasteiger partial charge in [-0.05, 0) is 68.5 Å². The number of Topliss-reactive ketones (excluding diaryl/α,β-unsaturated/α-hetero) is 1. The first-order chi connectivity index (χ1) is 18.8. The number of methoxy groups -OCH3 is 4. The minimum Gasteiger partial charge on any atom is -0.497 e. The Morgan fingerprint density at radius 1 is 0.949 bits per heavy atom. The number of carbonyl (C=O) groups is 2. The molecule has 2 aromatic carbocycles. The summed E-state index contributed by atoms with van der Waals surface area (Å²) in [5.41, 5.74) is 4.06. The number of esters is 1. The molecule has 0 saturated heterocycles. The van der Waals surface area contributed by atoms with Gasteiger partial charge >= 0.3 is 5.97 Å². The van der Waals surface area contributed by atoms with Crippen LogP contribution in [0, 0.1) is 0 Å². The Hall–Kier alpha value is -3.94. The number of dihydropyridines is 1. The van der Waals surface area contributed by atoms with E-state index in [1.54, 1.807) is 40.6 Å². The van der Waals surface area contributed by atoms with Crippen LogP contribution in [0.5, 0.6) is 23.0 Å². The van der Waals surface area contributed by atoms with Gasteiger partial charge in [0.2, 0.25) is 0 Å². The van der Waals surface area contributed by atoms with Crippen LogP contribution in [0.15, 0.2) is 58.9 Å². The molecule has 0 saturated carbocycles. The fraction of sp³-hybridized carbons (Fsp3) is 0.419. The van der Waals surface area contributed by atoms with Crippen LogP contribution in [-0.4, -0.2) is 46.3 Å². The maximum atomic E-state index is 14.0. The highest BCUT2D eigenvalue weighted by atomic mass is 16.5. The number of nitrogens with one attached hydrogen (secondary N) is 1. The van der Waals surface area contributed by atoms with E-state index < -0.39 is 11.9 Å². The molecule has 0 radical (unpaired) electrons. The van der Waals surface area contributed by atoms with Crippen molar-refractivity contribution >= 4 is 11.8 Å². The van der Waals surface area contributed by atoms with E-state index in [-0.39, 0.29) is 24.2 Å². The summed E-state index contributed by atoms with van der Waals surface area (Å²) < 4.78 is 27.9. The average Bonchev–Trinajstić information content (AvgIpc) is 2.95. The van der Waals surface area contributed by atoms with Crippen molar-refractivity contribution in [3.8, 4) is 23.0 Å². The second-order valence-electron chi connectivity index (χ2n) is 9.86. The lowest BCUT2D eigenvalue weighted by atomic mass is 9.71. The zero-order valence-corrected chi connectivity index (χ0v) is 23.7. The van der Waals surface area contributed by atoms with Crippen LogP contribution in [0.3, 0.4) is 0 Å². The molecular weight excluding hydrogens is 498 g/mol. The number of hydrogen-bond donors (Lipinski definition) is 1. The van der Waals surface area contributed by atoms with Gasteiger partial charge in [-0.2, -0.15) is 0 Å². The molecule has 1 heterocycles. The van der Waals surface area contributed by atoms with Gasteiger partial charge in [-0.15, -0.1) is 0 Å². The van der Waals surface area contributed by atoms with E-state index in [1.807, 2.05) is 45.0 Å². The first-order valence-corrected chi connectivity index (χ1v) is 13.1. The van der Waals surface area contributed by atoms with Gasteiger partial charge < -0.3 is 29.0 Å². The Bertz CT molecular complexity index is 1330. The number of ether oxygens (including phenoxy) is 5. The highest BCUT2D eigenvalue weighted by Gasteiger charge is 2.43. The van der Waals surface area contributed by atoms with Crippen molar-refractivity contribution in [3.05, 3.63) is 70.1 Å². The smallest absolute Gasteiger partial charge is 0.337 e. The summed E-state index contributed by atoms with van der Waals surface area (Å²) in [6.07, 6.45) is 1.28. The van der Waals surface area contributed by atoms with Gasteiger partial charge in [0.05, 0.1) is 46.0 Å². The van der Waals surface area contributed by atoms with Gasteiger partial charge in [-0.3, -0.25) is 4.79 Å². The molecule has 39 heavy (non-hydrogen) atoms. The Kier molecular flexibility index (Phi) is 8.53. The maximum absolute atomic E-state index is 14.0. The van der Waals surface area contributed by atoms with Gasteiger partial charge in [0, 0.05) is 29.0 Å². The van der Waals surface area contributed by atoms with E-state index in [2.05, 4.69) is 5.32 Å². The topological polar surface area (TPSA) is 92.3 Å². The van der Waals surface area contributed by atoms with Crippen LogP contribution in [0.1, 0.15) is 63.0 Å². The molecular formula is C31H37NO7. The second-order valence-corrected chi connectivity index (χ2v) is 9.86. The SMILES string of the molecule is CC[C@@H](C)OC(=O)C1=C(C)NC2=C(C(=O)C[C@@H](c3ccc(OC)c(OC)c3)C2)[C@@H]1c1cc(OC)ccc1OC. The second kappa shape index (κ2) is 11.8. The average molecular weight is 536 g/mol. The van der Waals surface area contributed by atoms with Crippen molar-refractivity contribution in [2.24, 2.45) is 0 Å². The molecule has 0 spiro atoms. The molecule has 2 aliphatic rings. The molecule has 8 heteroatoms. The quantitative estimate of drug-likeness (QED) is 0.426. The Balaban J connectivity index is 1.83. The minimum atomic E-state index is -0.665. The van der Waals surface area contributed by atoms with E-state index in [0.29, 0.717) is 58.2 Å². The normalized spacial score (nSPS) is 19.6. The number of hydrogen-bond acceptors (Lipinski definition) is 8. The summed E-state index contributed by atoms with van der Waals surface area (Å²) in [6.45, 7) is 5.66. The molecule has 2 aromatic rings. The first-order valence-electron chi connectivity index (χ1n) is 13.1. The summed E-state index contributed by atoms with van der Waals surface area (Å²) in [6, 6.07) is 11.2. The minimum absolute atomic E-state index is 0.0419. The zero-order chi connectivity index (χ0) is 28.3. The Morgan fingerprint density at radius 2 is 1.64 bits per heavy atom. The molecule has 4 rings (SSSR count). The number of carbonyl (C=O) groups excluding carboxylic acids is 2. The van der Waals surface area contributed by atoms with Gasteiger partial charge in [0.25, 0.3) is 0 Å². The van der Waals surface area contributed by atoms with Crippen LogP contribution in [0.25, 0.3) is 0 Å². The van der Waals surface area contributed by atoms with Gasteiger partial charge in [-0.25, -0.2) is 4.79 Å². The van der Waals surface area contributed by atoms with Crippen LogP contribution in [0.4, 0.5) is 0 Å².